The van der Waals surface area contributed by atoms with Gasteiger partial charge in [0.15, 0.2) is 0 Å². The summed E-state index contributed by atoms with van der Waals surface area (Å²) in [6, 6.07) is 15.0. The predicted molar refractivity (Wildman–Crippen MR) is 99.4 cm³/mol. The van der Waals surface area contributed by atoms with Crippen molar-refractivity contribution in [2.75, 3.05) is 25.5 Å². The van der Waals surface area contributed by atoms with Gasteiger partial charge in [-0.15, -0.1) is 0 Å². The minimum Gasteiger partial charge on any atom is -0.494 e. The molecule has 1 aliphatic rings. The van der Waals surface area contributed by atoms with Gasteiger partial charge in [-0.3, -0.25) is 0 Å². The minimum atomic E-state index is -0.883. The van der Waals surface area contributed by atoms with E-state index in [9.17, 15) is 4.79 Å². The Labute approximate surface area is 153 Å². The first-order chi connectivity index (χ1) is 12.7. The Morgan fingerprint density at radius 2 is 1.96 bits per heavy atom. The number of esters is 1. The van der Waals surface area contributed by atoms with E-state index < -0.39 is 5.60 Å². The van der Waals surface area contributed by atoms with Gasteiger partial charge in [-0.2, -0.15) is 0 Å². The van der Waals surface area contributed by atoms with E-state index in [1.807, 2.05) is 42.5 Å². The number of carbonyl (C=O) groups is 1. The molecule has 2 aromatic carbocycles. The number of nitrogens with two attached hydrogens (primary N) is 1. The van der Waals surface area contributed by atoms with Gasteiger partial charge in [-0.05, 0) is 17.7 Å². The Morgan fingerprint density at radius 1 is 1.19 bits per heavy atom. The first-order valence-electron chi connectivity index (χ1n) is 8.69. The molecule has 0 saturated heterocycles. The lowest BCUT2D eigenvalue weighted by Gasteiger charge is -2.18. The molecular formula is C20H24N2O4. The average molecular weight is 356 g/mol. The molecule has 3 N–H and O–H groups in total. The summed E-state index contributed by atoms with van der Waals surface area (Å²) in [5, 5.41) is 3.18. The lowest BCUT2D eigenvalue weighted by Crippen LogP contribution is -2.31. The zero-order valence-corrected chi connectivity index (χ0v) is 14.9. The van der Waals surface area contributed by atoms with Crippen molar-refractivity contribution in [2.45, 2.75) is 25.0 Å². The van der Waals surface area contributed by atoms with Crippen LogP contribution in [0.2, 0.25) is 0 Å². The number of ether oxygens (including phenoxy) is 3. The summed E-state index contributed by atoms with van der Waals surface area (Å²) in [7, 11) is 1.59. The van der Waals surface area contributed by atoms with Crippen LogP contribution in [0.3, 0.4) is 0 Å². The molecule has 0 aromatic heterocycles. The number of hydrogen-bond acceptors (Lipinski definition) is 6. The van der Waals surface area contributed by atoms with Crippen LogP contribution in [0, 0.1) is 0 Å². The molecule has 138 valence electrons. The average Bonchev–Trinajstić information content (AvgIpc) is 3.46. The molecule has 0 aliphatic heterocycles. The van der Waals surface area contributed by atoms with Crippen LogP contribution in [0.15, 0.2) is 48.5 Å². The SMILES string of the molecule is COc1cc(OC2(C(=O)OCc3ccccc3)CC2)ccc1NCCN. The highest BCUT2D eigenvalue weighted by Crippen LogP contribution is 2.43. The van der Waals surface area contributed by atoms with E-state index in [1.165, 1.54) is 0 Å². The quantitative estimate of drug-likeness (QED) is 0.672. The Morgan fingerprint density at radius 3 is 2.62 bits per heavy atom. The molecule has 26 heavy (non-hydrogen) atoms. The van der Waals surface area contributed by atoms with Gasteiger partial charge in [-0.25, -0.2) is 4.79 Å². The molecule has 3 rings (SSSR count). The first kappa shape index (κ1) is 18.1. The van der Waals surface area contributed by atoms with Crippen LogP contribution in [0.25, 0.3) is 0 Å². The number of hydrogen-bond donors (Lipinski definition) is 2. The van der Waals surface area contributed by atoms with Crippen LogP contribution in [0.4, 0.5) is 5.69 Å². The summed E-state index contributed by atoms with van der Waals surface area (Å²) in [5.41, 5.74) is 6.42. The Hall–Kier alpha value is -2.73. The van der Waals surface area contributed by atoms with Gasteiger partial charge in [0.25, 0.3) is 0 Å². The number of carbonyl (C=O) groups excluding carboxylic acids is 1. The van der Waals surface area contributed by atoms with Crippen molar-refractivity contribution in [1.29, 1.82) is 0 Å². The van der Waals surface area contributed by atoms with Crippen LogP contribution in [-0.4, -0.2) is 31.8 Å². The lowest BCUT2D eigenvalue weighted by atomic mass is 10.2. The Bertz CT molecular complexity index is 745. The number of anilines is 1. The zero-order valence-electron chi connectivity index (χ0n) is 14.9. The molecule has 2 aromatic rings. The number of nitrogens with one attached hydrogen (secondary N) is 1. The lowest BCUT2D eigenvalue weighted by molar-refractivity contribution is -0.155. The summed E-state index contributed by atoms with van der Waals surface area (Å²) in [6.07, 6.45) is 1.30. The van der Waals surface area contributed by atoms with E-state index in [1.54, 1.807) is 13.2 Å². The number of methoxy groups -OCH3 is 1. The molecule has 1 saturated carbocycles. The molecule has 0 amide bonds. The topological polar surface area (TPSA) is 82.8 Å². The molecule has 1 aliphatic carbocycles. The maximum Gasteiger partial charge on any atom is 0.350 e. The highest BCUT2D eigenvalue weighted by atomic mass is 16.6. The summed E-state index contributed by atoms with van der Waals surface area (Å²) in [4.78, 5) is 12.5. The van der Waals surface area contributed by atoms with Crippen molar-refractivity contribution >= 4 is 11.7 Å². The fraction of sp³-hybridized carbons (Fsp3) is 0.350. The standard InChI is InChI=1S/C20H24N2O4/c1-24-18-13-16(7-8-17(18)22-12-11-21)26-20(9-10-20)19(23)25-14-15-5-3-2-4-6-15/h2-8,13,22H,9-12,14,21H2,1H3. The largest absolute Gasteiger partial charge is 0.494 e. The van der Waals surface area contributed by atoms with E-state index in [2.05, 4.69) is 5.32 Å². The smallest absolute Gasteiger partial charge is 0.350 e. The van der Waals surface area contributed by atoms with Crippen molar-refractivity contribution in [1.82, 2.24) is 0 Å². The van der Waals surface area contributed by atoms with Crippen LogP contribution < -0.4 is 20.5 Å². The monoisotopic (exact) mass is 356 g/mol. The van der Waals surface area contributed by atoms with E-state index in [-0.39, 0.29) is 12.6 Å². The molecule has 0 radical (unpaired) electrons. The second-order valence-corrected chi connectivity index (χ2v) is 6.24. The minimum absolute atomic E-state index is 0.246. The first-order valence-corrected chi connectivity index (χ1v) is 8.69. The molecule has 0 unspecified atom stereocenters. The molecule has 6 heteroatoms. The van der Waals surface area contributed by atoms with Crippen molar-refractivity contribution < 1.29 is 19.0 Å². The summed E-state index contributed by atoms with van der Waals surface area (Å²) < 4.78 is 16.8. The molecule has 0 heterocycles. The van der Waals surface area contributed by atoms with E-state index in [4.69, 9.17) is 19.9 Å². The van der Waals surface area contributed by atoms with Gasteiger partial charge in [0.1, 0.15) is 18.1 Å². The van der Waals surface area contributed by atoms with Gasteiger partial charge in [0.05, 0.1) is 12.8 Å². The van der Waals surface area contributed by atoms with E-state index >= 15 is 0 Å². The van der Waals surface area contributed by atoms with Gasteiger partial charge in [0, 0.05) is 32.0 Å². The number of rotatable bonds is 9. The molecular weight excluding hydrogens is 332 g/mol. The second-order valence-electron chi connectivity index (χ2n) is 6.24. The van der Waals surface area contributed by atoms with Crippen LogP contribution >= 0.6 is 0 Å². The van der Waals surface area contributed by atoms with Crippen molar-refractivity contribution in [3.63, 3.8) is 0 Å². The van der Waals surface area contributed by atoms with Crippen LogP contribution in [0.5, 0.6) is 11.5 Å². The fourth-order valence-electron chi connectivity index (χ4n) is 2.63. The van der Waals surface area contributed by atoms with Crippen LogP contribution in [0.1, 0.15) is 18.4 Å². The van der Waals surface area contributed by atoms with Crippen molar-refractivity contribution in [3.05, 3.63) is 54.1 Å². The van der Waals surface area contributed by atoms with Crippen molar-refractivity contribution in [3.8, 4) is 11.5 Å². The molecule has 0 spiro atoms. The third-order valence-corrected chi connectivity index (χ3v) is 4.23. The normalized spacial score (nSPS) is 14.4. The van der Waals surface area contributed by atoms with Gasteiger partial charge in [-0.1, -0.05) is 30.3 Å². The highest BCUT2D eigenvalue weighted by Gasteiger charge is 2.54. The Kier molecular flexibility index (Phi) is 5.63. The summed E-state index contributed by atoms with van der Waals surface area (Å²) >= 11 is 0. The van der Waals surface area contributed by atoms with E-state index in [0.29, 0.717) is 37.4 Å². The molecule has 6 nitrogen and oxygen atoms in total. The summed E-state index contributed by atoms with van der Waals surface area (Å²) in [5.74, 6) is 0.893. The second kappa shape index (κ2) is 8.10. The zero-order chi connectivity index (χ0) is 18.4. The molecule has 1 fully saturated rings. The van der Waals surface area contributed by atoms with Gasteiger partial charge >= 0.3 is 5.97 Å². The van der Waals surface area contributed by atoms with Crippen LogP contribution in [-0.2, 0) is 16.1 Å². The summed E-state index contributed by atoms with van der Waals surface area (Å²) in [6.45, 7) is 1.42. The third kappa shape index (κ3) is 4.26. The molecule has 0 bridgehead atoms. The van der Waals surface area contributed by atoms with E-state index in [0.717, 1.165) is 11.3 Å². The van der Waals surface area contributed by atoms with Crippen molar-refractivity contribution in [2.24, 2.45) is 5.73 Å². The molecule has 0 atom stereocenters. The predicted octanol–water partition coefficient (Wildman–Crippen LogP) is 2.72. The third-order valence-electron chi connectivity index (χ3n) is 4.23. The Balaban J connectivity index is 1.63. The fourth-order valence-corrected chi connectivity index (χ4v) is 2.63. The van der Waals surface area contributed by atoms with Gasteiger partial charge < -0.3 is 25.3 Å². The maximum absolute atomic E-state index is 12.5. The number of benzene rings is 2. The maximum atomic E-state index is 12.5. The van der Waals surface area contributed by atoms with Gasteiger partial charge in [0.2, 0.25) is 5.60 Å². The highest BCUT2D eigenvalue weighted by molar-refractivity contribution is 5.83.